The smallest absolute Gasteiger partial charge is 0.338 e. The molecule has 0 fully saturated rings. The molecule has 1 N–H and O–H groups in total. The largest absolute Gasteiger partial charge is 0.497 e. The summed E-state index contributed by atoms with van der Waals surface area (Å²) < 4.78 is 15.4. The van der Waals surface area contributed by atoms with Crippen LogP contribution in [0.4, 0.5) is 0 Å². The summed E-state index contributed by atoms with van der Waals surface area (Å²) in [5.41, 5.74) is 2.16. The molecule has 0 spiro atoms. The van der Waals surface area contributed by atoms with Crippen molar-refractivity contribution in [1.29, 1.82) is 0 Å². The number of hydrogen-bond donors (Lipinski definition) is 1. The first kappa shape index (κ1) is 18.4. The molecular weight excluding hydrogens is 328 g/mol. The van der Waals surface area contributed by atoms with Crippen molar-refractivity contribution in [2.24, 2.45) is 4.99 Å². The number of nitrogens with zero attached hydrogens (tertiary/aromatic N) is 1. The fourth-order valence-corrected chi connectivity index (χ4v) is 2.80. The van der Waals surface area contributed by atoms with E-state index in [1.54, 1.807) is 14.2 Å². The van der Waals surface area contributed by atoms with Crippen LogP contribution < -0.4 is 10.1 Å². The molecule has 1 aromatic carbocycles. The van der Waals surface area contributed by atoms with Crippen LogP contribution in [0.25, 0.3) is 0 Å². The average Bonchev–Trinajstić information content (AvgIpc) is 2.61. The van der Waals surface area contributed by atoms with Crippen molar-refractivity contribution in [3.63, 3.8) is 0 Å². The van der Waals surface area contributed by atoms with Gasteiger partial charge in [0.05, 0.1) is 19.3 Å². The van der Waals surface area contributed by atoms with Crippen molar-refractivity contribution in [3.05, 3.63) is 41.1 Å². The normalized spacial score (nSPS) is 17.2. The van der Waals surface area contributed by atoms with E-state index in [2.05, 4.69) is 10.3 Å². The molecule has 0 aliphatic carbocycles. The van der Waals surface area contributed by atoms with Crippen LogP contribution in [0.3, 0.4) is 0 Å². The quantitative estimate of drug-likeness (QED) is 0.628. The van der Waals surface area contributed by atoms with Gasteiger partial charge in [-0.2, -0.15) is 0 Å². The van der Waals surface area contributed by atoms with E-state index in [1.165, 1.54) is 11.8 Å². The molecule has 6 nitrogen and oxygen atoms in total. The summed E-state index contributed by atoms with van der Waals surface area (Å²) >= 11 is 1.50. The van der Waals surface area contributed by atoms with Gasteiger partial charge in [-0.15, -0.1) is 0 Å². The topological polar surface area (TPSA) is 69.2 Å². The second kappa shape index (κ2) is 8.75. The van der Waals surface area contributed by atoms with Crippen molar-refractivity contribution in [1.82, 2.24) is 5.32 Å². The minimum atomic E-state index is -0.408. The summed E-state index contributed by atoms with van der Waals surface area (Å²) in [6.07, 6.45) is 1.94. The molecular formula is C17H22N2O4S. The molecule has 1 heterocycles. The molecule has 1 aliphatic rings. The molecule has 1 aromatic rings. The number of esters is 1. The van der Waals surface area contributed by atoms with Crippen LogP contribution in [-0.4, -0.2) is 44.8 Å². The lowest BCUT2D eigenvalue weighted by Gasteiger charge is -2.25. The predicted molar refractivity (Wildman–Crippen MR) is 95.4 cm³/mol. The van der Waals surface area contributed by atoms with Gasteiger partial charge in [0.15, 0.2) is 5.17 Å². The highest BCUT2D eigenvalue weighted by atomic mass is 32.2. The molecule has 0 saturated carbocycles. The Kier molecular flexibility index (Phi) is 6.69. The maximum atomic E-state index is 12.5. The van der Waals surface area contributed by atoms with Crippen molar-refractivity contribution >= 4 is 22.9 Å². The molecule has 0 saturated heterocycles. The van der Waals surface area contributed by atoms with Crippen LogP contribution in [0, 0.1) is 0 Å². The van der Waals surface area contributed by atoms with Crippen LogP contribution in [-0.2, 0) is 14.3 Å². The Morgan fingerprint density at radius 2 is 1.96 bits per heavy atom. The minimum Gasteiger partial charge on any atom is -0.497 e. The third kappa shape index (κ3) is 4.30. The van der Waals surface area contributed by atoms with Gasteiger partial charge in [-0.25, -0.2) is 9.79 Å². The number of benzene rings is 1. The third-order valence-electron chi connectivity index (χ3n) is 3.58. The van der Waals surface area contributed by atoms with Gasteiger partial charge < -0.3 is 19.5 Å². The van der Waals surface area contributed by atoms with E-state index in [9.17, 15) is 4.79 Å². The maximum absolute atomic E-state index is 12.5. The summed E-state index contributed by atoms with van der Waals surface area (Å²) in [6.45, 7) is 2.42. The number of nitrogens with one attached hydrogen (secondary N) is 1. The Morgan fingerprint density at radius 3 is 2.54 bits per heavy atom. The Labute approximate surface area is 146 Å². The van der Waals surface area contributed by atoms with E-state index in [-0.39, 0.29) is 12.6 Å². The number of carbonyl (C=O) groups excluding carboxylic acids is 1. The summed E-state index contributed by atoms with van der Waals surface area (Å²) in [5, 5.41) is 3.91. The number of methoxy groups -OCH3 is 2. The second-order valence-corrected chi connectivity index (χ2v) is 5.90. The highest BCUT2D eigenvalue weighted by Crippen LogP contribution is 2.33. The molecule has 7 heteroatoms. The number of amidine groups is 1. The van der Waals surface area contributed by atoms with Gasteiger partial charge in [-0.05, 0) is 30.9 Å². The number of allylic oxidation sites excluding steroid dienone is 1. The molecule has 1 unspecified atom stereocenters. The van der Waals surface area contributed by atoms with Gasteiger partial charge in [-0.1, -0.05) is 23.9 Å². The minimum absolute atomic E-state index is 0.209. The Balaban J connectivity index is 2.31. The fourth-order valence-electron chi connectivity index (χ4n) is 2.34. The molecule has 0 aromatic heterocycles. The monoisotopic (exact) mass is 350 g/mol. The second-order valence-electron chi connectivity index (χ2n) is 5.11. The van der Waals surface area contributed by atoms with Crippen LogP contribution in [0.15, 0.2) is 40.5 Å². The Morgan fingerprint density at radius 1 is 1.25 bits per heavy atom. The van der Waals surface area contributed by atoms with Gasteiger partial charge in [0.1, 0.15) is 18.4 Å². The number of ether oxygens (including phenoxy) is 3. The van der Waals surface area contributed by atoms with Crippen molar-refractivity contribution in [3.8, 4) is 5.75 Å². The van der Waals surface area contributed by atoms with Gasteiger partial charge in [0.2, 0.25) is 0 Å². The van der Waals surface area contributed by atoms with E-state index < -0.39 is 6.04 Å². The van der Waals surface area contributed by atoms with E-state index in [4.69, 9.17) is 14.2 Å². The summed E-state index contributed by atoms with van der Waals surface area (Å²) in [5.74, 6) is 0.369. The van der Waals surface area contributed by atoms with E-state index in [1.807, 2.05) is 37.4 Å². The number of aliphatic imine (C=N–C) groups is 1. The lowest BCUT2D eigenvalue weighted by molar-refractivity contribution is -0.140. The first-order chi connectivity index (χ1) is 11.6. The van der Waals surface area contributed by atoms with Gasteiger partial charge in [0, 0.05) is 12.8 Å². The summed E-state index contributed by atoms with van der Waals surface area (Å²) in [6, 6.07) is 7.12. The highest BCUT2D eigenvalue weighted by Gasteiger charge is 2.30. The SMILES string of the molecule is COCCOC(=O)C1=C(C)NC(SC)=NC1c1ccc(OC)cc1. The summed E-state index contributed by atoms with van der Waals surface area (Å²) in [4.78, 5) is 17.2. The fraction of sp³-hybridized carbons (Fsp3) is 0.412. The summed E-state index contributed by atoms with van der Waals surface area (Å²) in [7, 11) is 3.18. The molecule has 2 rings (SSSR count). The standard InChI is InChI=1S/C17H22N2O4S/c1-11-14(16(20)23-10-9-21-2)15(19-17(18-11)24-4)12-5-7-13(22-3)8-6-12/h5-8,15H,9-10H2,1-4H3,(H,18,19). The number of carbonyl (C=O) groups is 1. The van der Waals surface area contributed by atoms with Crippen molar-refractivity contribution < 1.29 is 19.0 Å². The number of rotatable bonds is 6. The molecule has 130 valence electrons. The van der Waals surface area contributed by atoms with E-state index in [0.717, 1.165) is 22.2 Å². The lowest BCUT2D eigenvalue weighted by Crippen LogP contribution is -2.30. The third-order valence-corrected chi connectivity index (χ3v) is 4.18. The van der Waals surface area contributed by atoms with Crippen molar-refractivity contribution in [2.75, 3.05) is 33.7 Å². The van der Waals surface area contributed by atoms with E-state index in [0.29, 0.717) is 12.2 Å². The molecule has 0 radical (unpaired) electrons. The van der Waals surface area contributed by atoms with Crippen molar-refractivity contribution in [2.45, 2.75) is 13.0 Å². The Hall–Kier alpha value is -1.99. The first-order valence-corrected chi connectivity index (χ1v) is 8.72. The van der Waals surface area contributed by atoms with Crippen LogP contribution in [0.1, 0.15) is 18.5 Å². The zero-order valence-electron chi connectivity index (χ0n) is 14.3. The Bertz CT molecular complexity index is 640. The zero-order valence-corrected chi connectivity index (χ0v) is 15.1. The van der Waals surface area contributed by atoms with Crippen LogP contribution in [0.5, 0.6) is 5.75 Å². The number of hydrogen-bond acceptors (Lipinski definition) is 7. The van der Waals surface area contributed by atoms with Gasteiger partial charge >= 0.3 is 5.97 Å². The molecule has 0 bridgehead atoms. The molecule has 0 amide bonds. The zero-order chi connectivity index (χ0) is 17.5. The average molecular weight is 350 g/mol. The first-order valence-electron chi connectivity index (χ1n) is 7.50. The molecule has 1 atom stereocenters. The molecule has 24 heavy (non-hydrogen) atoms. The van der Waals surface area contributed by atoms with Crippen LogP contribution in [0.2, 0.25) is 0 Å². The van der Waals surface area contributed by atoms with Crippen LogP contribution >= 0.6 is 11.8 Å². The van der Waals surface area contributed by atoms with Gasteiger partial charge in [0.25, 0.3) is 0 Å². The maximum Gasteiger partial charge on any atom is 0.338 e. The predicted octanol–water partition coefficient (Wildman–Crippen LogP) is 2.52. The number of thioether (sulfide) groups is 1. The lowest BCUT2D eigenvalue weighted by atomic mass is 9.96. The molecule has 1 aliphatic heterocycles. The highest BCUT2D eigenvalue weighted by molar-refractivity contribution is 8.13. The van der Waals surface area contributed by atoms with E-state index >= 15 is 0 Å². The van der Waals surface area contributed by atoms with Gasteiger partial charge in [-0.3, -0.25) is 0 Å².